The molecule has 3 heteroatoms. The second kappa shape index (κ2) is 11.1. The van der Waals surface area contributed by atoms with E-state index in [0.717, 1.165) is 40.7 Å². The first-order valence-electron chi connectivity index (χ1n) is 10.8. The first-order valence-corrected chi connectivity index (χ1v) is 10.8. The van der Waals surface area contributed by atoms with Gasteiger partial charge in [0.1, 0.15) is 6.61 Å². The second-order valence-corrected chi connectivity index (χ2v) is 7.63. The van der Waals surface area contributed by atoms with Crippen molar-refractivity contribution in [1.82, 2.24) is 0 Å². The number of aryl methyl sites for hydroxylation is 3. The Kier molecular flexibility index (Phi) is 7.93. The zero-order valence-corrected chi connectivity index (χ0v) is 18.6. The van der Waals surface area contributed by atoms with Crippen molar-refractivity contribution in [1.29, 1.82) is 0 Å². The monoisotopic (exact) mass is 424 g/mol. The number of carbonyl (C=O) groups is 2. The molecule has 0 aliphatic carbocycles. The van der Waals surface area contributed by atoms with Crippen LogP contribution in [0.1, 0.15) is 49.9 Å². The van der Waals surface area contributed by atoms with Crippen LogP contribution < -0.4 is 0 Å². The Morgan fingerprint density at radius 1 is 0.875 bits per heavy atom. The third-order valence-electron chi connectivity index (χ3n) is 5.35. The zero-order chi connectivity index (χ0) is 22.9. The number of ether oxygens (including phenoxy) is 1. The van der Waals surface area contributed by atoms with E-state index in [0.29, 0.717) is 11.1 Å². The van der Waals surface area contributed by atoms with Crippen LogP contribution in [0.15, 0.2) is 91.5 Å². The van der Waals surface area contributed by atoms with Crippen LogP contribution in [-0.2, 0) is 17.6 Å². The molecule has 162 valence electrons. The topological polar surface area (TPSA) is 43.4 Å². The summed E-state index contributed by atoms with van der Waals surface area (Å²) in [5.41, 5.74) is 6.08. The Morgan fingerprint density at radius 3 is 2.22 bits per heavy atom. The van der Waals surface area contributed by atoms with E-state index in [2.05, 4.69) is 12.6 Å². The highest BCUT2D eigenvalue weighted by Crippen LogP contribution is 2.23. The van der Waals surface area contributed by atoms with Gasteiger partial charge in [-0.2, -0.15) is 0 Å². The minimum atomic E-state index is -0.344. The number of hydrogen-bond donors (Lipinski definition) is 0. The lowest BCUT2D eigenvalue weighted by Gasteiger charge is -2.11. The van der Waals surface area contributed by atoms with Gasteiger partial charge in [0.05, 0.1) is 5.56 Å². The third kappa shape index (κ3) is 5.70. The second-order valence-electron chi connectivity index (χ2n) is 7.63. The van der Waals surface area contributed by atoms with E-state index in [1.165, 1.54) is 0 Å². The van der Waals surface area contributed by atoms with Gasteiger partial charge in [0.2, 0.25) is 0 Å². The molecule has 0 saturated heterocycles. The standard InChI is InChI=1S/C29H28O3/c1-4-18-32-29(31)25-13-9-10-22(20-25)14-15-23-16-17-27(21(3)19-23)28(30)26(5-2)24-11-7-6-8-12-24/h4-13,16-17,19-20H,1,14-15,18H2,2-3H3/b26-5-. The van der Waals surface area contributed by atoms with E-state index in [4.69, 9.17) is 4.74 Å². The summed E-state index contributed by atoms with van der Waals surface area (Å²) in [5.74, 6) is -0.308. The molecule has 0 saturated carbocycles. The molecule has 0 heterocycles. The van der Waals surface area contributed by atoms with Crippen molar-refractivity contribution >= 4 is 17.3 Å². The van der Waals surface area contributed by atoms with Gasteiger partial charge in [-0.15, -0.1) is 0 Å². The average molecular weight is 425 g/mol. The average Bonchev–Trinajstić information content (AvgIpc) is 2.82. The molecule has 3 nitrogen and oxygen atoms in total. The van der Waals surface area contributed by atoms with Crippen LogP contribution in [0.3, 0.4) is 0 Å². The molecule has 3 aromatic rings. The van der Waals surface area contributed by atoms with Crippen molar-refractivity contribution in [3.05, 3.63) is 125 Å². The lowest BCUT2D eigenvalue weighted by Crippen LogP contribution is -2.06. The molecule has 32 heavy (non-hydrogen) atoms. The van der Waals surface area contributed by atoms with Crippen molar-refractivity contribution in [2.24, 2.45) is 0 Å². The predicted octanol–water partition coefficient (Wildman–Crippen LogP) is 6.41. The van der Waals surface area contributed by atoms with Gasteiger partial charge in [0.25, 0.3) is 0 Å². The molecule has 3 rings (SSSR count). The van der Waals surface area contributed by atoms with Gasteiger partial charge in [-0.05, 0) is 61.1 Å². The van der Waals surface area contributed by atoms with E-state index < -0.39 is 0 Å². The quantitative estimate of drug-likeness (QED) is 0.173. The highest BCUT2D eigenvalue weighted by Gasteiger charge is 2.16. The predicted molar refractivity (Wildman–Crippen MR) is 130 cm³/mol. The Balaban J connectivity index is 1.70. The molecule has 0 atom stereocenters. The van der Waals surface area contributed by atoms with E-state index in [1.54, 1.807) is 12.1 Å². The fraction of sp³-hybridized carbons (Fsp3) is 0.172. The molecule has 0 N–H and O–H groups in total. The summed E-state index contributed by atoms with van der Waals surface area (Å²) in [5, 5.41) is 0. The van der Waals surface area contributed by atoms with Gasteiger partial charge in [-0.25, -0.2) is 4.79 Å². The molecular weight excluding hydrogens is 396 g/mol. The first-order chi connectivity index (χ1) is 15.5. The van der Waals surface area contributed by atoms with Gasteiger partial charge in [-0.1, -0.05) is 79.4 Å². The maximum atomic E-state index is 13.1. The number of rotatable bonds is 9. The highest BCUT2D eigenvalue weighted by atomic mass is 16.5. The summed E-state index contributed by atoms with van der Waals surface area (Å²) in [6.45, 7) is 7.63. The maximum absolute atomic E-state index is 13.1. The smallest absolute Gasteiger partial charge is 0.338 e. The Morgan fingerprint density at radius 2 is 1.56 bits per heavy atom. The summed E-state index contributed by atoms with van der Waals surface area (Å²) < 4.78 is 5.11. The number of esters is 1. The summed E-state index contributed by atoms with van der Waals surface area (Å²) in [4.78, 5) is 25.2. The van der Waals surface area contributed by atoms with Crippen molar-refractivity contribution in [2.45, 2.75) is 26.7 Å². The fourth-order valence-corrected chi connectivity index (χ4v) is 3.69. The number of allylic oxidation sites excluding steroid dienone is 2. The molecule has 0 radical (unpaired) electrons. The van der Waals surface area contributed by atoms with E-state index in [1.807, 2.05) is 80.6 Å². The molecule has 0 amide bonds. The van der Waals surface area contributed by atoms with Gasteiger partial charge < -0.3 is 4.74 Å². The Labute approximate surface area is 190 Å². The Hall–Kier alpha value is -3.72. The highest BCUT2D eigenvalue weighted by molar-refractivity contribution is 6.29. The van der Waals surface area contributed by atoms with Crippen LogP contribution in [-0.4, -0.2) is 18.4 Å². The molecule has 0 unspecified atom stereocenters. The van der Waals surface area contributed by atoms with Crippen LogP contribution in [0.2, 0.25) is 0 Å². The lowest BCUT2D eigenvalue weighted by atomic mass is 9.92. The Bertz CT molecular complexity index is 1140. The van der Waals surface area contributed by atoms with Crippen LogP contribution >= 0.6 is 0 Å². The van der Waals surface area contributed by atoms with Crippen molar-refractivity contribution < 1.29 is 14.3 Å². The number of carbonyl (C=O) groups excluding carboxylic acids is 2. The van der Waals surface area contributed by atoms with Gasteiger partial charge in [-0.3, -0.25) is 4.79 Å². The molecule has 0 aliphatic rings. The molecule has 0 bridgehead atoms. The number of Topliss-reactive ketones (excluding diaryl/α,β-unsaturated/α-hetero) is 1. The van der Waals surface area contributed by atoms with E-state index in [-0.39, 0.29) is 18.4 Å². The van der Waals surface area contributed by atoms with Crippen molar-refractivity contribution in [3.8, 4) is 0 Å². The van der Waals surface area contributed by atoms with Gasteiger partial charge in [0, 0.05) is 11.1 Å². The minimum Gasteiger partial charge on any atom is -0.458 e. The molecule has 0 spiro atoms. The number of ketones is 1. The fourth-order valence-electron chi connectivity index (χ4n) is 3.69. The molecule has 0 fully saturated rings. The van der Waals surface area contributed by atoms with Crippen LogP contribution in [0.25, 0.3) is 5.57 Å². The summed E-state index contributed by atoms with van der Waals surface area (Å²) in [6, 6.07) is 23.3. The zero-order valence-electron chi connectivity index (χ0n) is 18.6. The number of benzene rings is 3. The molecule has 3 aromatic carbocycles. The summed E-state index contributed by atoms with van der Waals surface area (Å²) in [7, 11) is 0. The minimum absolute atomic E-state index is 0.0356. The van der Waals surface area contributed by atoms with E-state index >= 15 is 0 Å². The molecule has 0 aromatic heterocycles. The SMILES string of the molecule is C=CCOC(=O)c1cccc(CCc2ccc(C(=O)/C(=C\C)c3ccccc3)c(C)c2)c1. The van der Waals surface area contributed by atoms with Crippen molar-refractivity contribution in [3.63, 3.8) is 0 Å². The van der Waals surface area contributed by atoms with Gasteiger partial charge >= 0.3 is 5.97 Å². The molecule has 0 aliphatic heterocycles. The summed E-state index contributed by atoms with van der Waals surface area (Å²) in [6.07, 6.45) is 5.03. The molecular formula is C29H28O3. The first kappa shape index (κ1) is 23.0. The lowest BCUT2D eigenvalue weighted by molar-refractivity contribution is 0.0549. The maximum Gasteiger partial charge on any atom is 0.338 e. The van der Waals surface area contributed by atoms with Crippen molar-refractivity contribution in [2.75, 3.05) is 6.61 Å². The summed E-state index contributed by atoms with van der Waals surface area (Å²) >= 11 is 0. The normalized spacial score (nSPS) is 11.1. The van der Waals surface area contributed by atoms with E-state index in [9.17, 15) is 9.59 Å². The van der Waals surface area contributed by atoms with Crippen LogP contribution in [0.5, 0.6) is 0 Å². The van der Waals surface area contributed by atoms with Crippen LogP contribution in [0, 0.1) is 6.92 Å². The number of hydrogen-bond acceptors (Lipinski definition) is 3. The van der Waals surface area contributed by atoms with Crippen LogP contribution in [0.4, 0.5) is 0 Å². The third-order valence-corrected chi connectivity index (χ3v) is 5.35. The van der Waals surface area contributed by atoms with Gasteiger partial charge in [0.15, 0.2) is 5.78 Å². The largest absolute Gasteiger partial charge is 0.458 e.